The number of nitrogens with zero attached hydrogens (tertiary/aromatic N) is 3. The molecule has 1 unspecified atom stereocenters. The highest BCUT2D eigenvalue weighted by Crippen LogP contribution is 2.29. The molecule has 3 aromatic heterocycles. The Morgan fingerprint density at radius 2 is 2.33 bits per heavy atom. The van der Waals surface area contributed by atoms with E-state index >= 15 is 0 Å². The van der Waals surface area contributed by atoms with Gasteiger partial charge in [0.2, 0.25) is 0 Å². The number of hydrogen-bond donors (Lipinski definition) is 1. The second-order valence-electron chi connectivity index (χ2n) is 4.92. The van der Waals surface area contributed by atoms with Crippen LogP contribution in [0.3, 0.4) is 0 Å². The Balaban J connectivity index is 2.30. The maximum Gasteiger partial charge on any atom is 0.336 e. The van der Waals surface area contributed by atoms with Gasteiger partial charge in [-0.15, -0.1) is 11.3 Å². The molecule has 0 saturated carbocycles. The van der Waals surface area contributed by atoms with Crippen LogP contribution in [0.25, 0.3) is 21.6 Å². The van der Waals surface area contributed by atoms with Crippen LogP contribution in [0.2, 0.25) is 0 Å². The van der Waals surface area contributed by atoms with Gasteiger partial charge in [-0.3, -0.25) is 0 Å². The fourth-order valence-corrected chi connectivity index (χ4v) is 2.93. The van der Waals surface area contributed by atoms with Gasteiger partial charge in [-0.2, -0.15) is 5.10 Å². The molecule has 21 heavy (non-hydrogen) atoms. The monoisotopic (exact) mass is 301 g/mol. The summed E-state index contributed by atoms with van der Waals surface area (Å²) in [5, 5.41) is 16.3. The lowest BCUT2D eigenvalue weighted by Crippen LogP contribution is -2.07. The molecular formula is C15H15N3O2S. The number of carbonyl (C=O) groups is 1. The Labute approximate surface area is 125 Å². The number of hydrogen-bond acceptors (Lipinski definition) is 4. The van der Waals surface area contributed by atoms with E-state index in [0.29, 0.717) is 16.7 Å². The molecule has 3 heterocycles. The van der Waals surface area contributed by atoms with Gasteiger partial charge in [-0.25, -0.2) is 14.5 Å². The van der Waals surface area contributed by atoms with Crippen LogP contribution in [0.1, 0.15) is 36.7 Å². The maximum absolute atomic E-state index is 11.5. The van der Waals surface area contributed by atoms with E-state index in [4.69, 9.17) is 0 Å². The summed E-state index contributed by atoms with van der Waals surface area (Å²) < 4.78 is 1.80. The largest absolute Gasteiger partial charge is 0.478 e. The topological polar surface area (TPSA) is 68.0 Å². The fourth-order valence-electron chi connectivity index (χ4n) is 2.24. The molecule has 0 aromatic carbocycles. The Kier molecular flexibility index (Phi) is 3.47. The standard InChI is InChI=1S/C15H15N3O2S/c1-3-9(2)18-14-11(8-16-18)10(15(19)20)7-12(17-14)13-5-4-6-21-13/h4-9H,3H2,1-2H3,(H,19,20). The van der Waals surface area contributed by atoms with E-state index in [1.807, 2.05) is 24.4 Å². The molecule has 3 rings (SSSR count). The first-order valence-corrected chi connectivity index (χ1v) is 7.65. The summed E-state index contributed by atoms with van der Waals surface area (Å²) in [6, 6.07) is 5.67. The second-order valence-corrected chi connectivity index (χ2v) is 5.87. The summed E-state index contributed by atoms with van der Waals surface area (Å²) in [7, 11) is 0. The van der Waals surface area contributed by atoms with Crippen LogP contribution in [-0.4, -0.2) is 25.8 Å². The lowest BCUT2D eigenvalue weighted by molar-refractivity contribution is 0.0699. The number of carboxylic acid groups (broad SMARTS) is 1. The van der Waals surface area contributed by atoms with Crippen LogP contribution in [0.5, 0.6) is 0 Å². The molecule has 0 fully saturated rings. The van der Waals surface area contributed by atoms with Gasteiger partial charge in [-0.05, 0) is 30.9 Å². The third-order valence-corrected chi connectivity index (χ3v) is 4.47. The van der Waals surface area contributed by atoms with Gasteiger partial charge in [0.1, 0.15) is 0 Å². The molecule has 5 nitrogen and oxygen atoms in total. The number of aromatic nitrogens is 3. The number of thiophene rings is 1. The molecule has 1 atom stereocenters. The van der Waals surface area contributed by atoms with Crippen molar-refractivity contribution in [3.63, 3.8) is 0 Å². The molecule has 0 saturated heterocycles. The summed E-state index contributed by atoms with van der Waals surface area (Å²) in [4.78, 5) is 17.1. The number of aromatic carboxylic acids is 1. The van der Waals surface area contributed by atoms with Crippen LogP contribution >= 0.6 is 11.3 Å². The zero-order valence-corrected chi connectivity index (χ0v) is 12.6. The van der Waals surface area contributed by atoms with Crippen molar-refractivity contribution in [3.05, 3.63) is 35.3 Å². The van der Waals surface area contributed by atoms with E-state index in [1.54, 1.807) is 28.3 Å². The van der Waals surface area contributed by atoms with Crippen molar-refractivity contribution >= 4 is 28.3 Å². The van der Waals surface area contributed by atoms with E-state index in [9.17, 15) is 9.90 Å². The minimum absolute atomic E-state index is 0.176. The first-order valence-electron chi connectivity index (χ1n) is 6.77. The molecule has 0 bridgehead atoms. The van der Waals surface area contributed by atoms with E-state index in [0.717, 1.165) is 11.3 Å². The average molecular weight is 301 g/mol. The molecule has 0 spiro atoms. The van der Waals surface area contributed by atoms with Gasteiger partial charge >= 0.3 is 5.97 Å². The molecule has 0 aliphatic rings. The van der Waals surface area contributed by atoms with Crippen molar-refractivity contribution in [2.45, 2.75) is 26.3 Å². The Morgan fingerprint density at radius 1 is 1.52 bits per heavy atom. The first kappa shape index (κ1) is 13.8. The average Bonchev–Trinajstić information content (AvgIpc) is 3.14. The van der Waals surface area contributed by atoms with Crippen LogP contribution in [-0.2, 0) is 0 Å². The second kappa shape index (κ2) is 5.29. The molecule has 108 valence electrons. The highest BCUT2D eigenvalue weighted by Gasteiger charge is 2.18. The third kappa shape index (κ3) is 2.31. The van der Waals surface area contributed by atoms with Crippen molar-refractivity contribution in [2.75, 3.05) is 0 Å². The summed E-state index contributed by atoms with van der Waals surface area (Å²) in [6.07, 6.45) is 2.50. The highest BCUT2D eigenvalue weighted by atomic mass is 32.1. The summed E-state index contributed by atoms with van der Waals surface area (Å²) in [5.41, 5.74) is 1.56. The van der Waals surface area contributed by atoms with E-state index in [1.165, 1.54) is 0 Å². The third-order valence-electron chi connectivity index (χ3n) is 3.58. The normalized spacial score (nSPS) is 12.7. The molecule has 0 aliphatic carbocycles. The van der Waals surface area contributed by atoms with E-state index in [2.05, 4.69) is 17.0 Å². The summed E-state index contributed by atoms with van der Waals surface area (Å²) in [6.45, 7) is 4.12. The zero-order chi connectivity index (χ0) is 15.0. The molecule has 1 N–H and O–H groups in total. The van der Waals surface area contributed by atoms with Crippen molar-refractivity contribution in [1.82, 2.24) is 14.8 Å². The number of rotatable bonds is 4. The van der Waals surface area contributed by atoms with Gasteiger partial charge in [-0.1, -0.05) is 13.0 Å². The number of pyridine rings is 1. The first-order chi connectivity index (χ1) is 10.1. The Morgan fingerprint density at radius 3 is 2.95 bits per heavy atom. The molecule has 0 aliphatic heterocycles. The van der Waals surface area contributed by atoms with Crippen molar-refractivity contribution < 1.29 is 9.90 Å². The minimum atomic E-state index is -0.955. The van der Waals surface area contributed by atoms with Crippen molar-refractivity contribution in [2.24, 2.45) is 0 Å². The lowest BCUT2D eigenvalue weighted by atomic mass is 10.1. The molecular weight excluding hydrogens is 286 g/mol. The van der Waals surface area contributed by atoms with E-state index < -0.39 is 5.97 Å². The van der Waals surface area contributed by atoms with Gasteiger partial charge < -0.3 is 5.11 Å². The van der Waals surface area contributed by atoms with Crippen LogP contribution in [0.4, 0.5) is 0 Å². The number of fused-ring (bicyclic) bond motifs is 1. The van der Waals surface area contributed by atoms with Crippen LogP contribution in [0.15, 0.2) is 29.8 Å². The van der Waals surface area contributed by atoms with Crippen LogP contribution in [0, 0.1) is 0 Å². The van der Waals surface area contributed by atoms with Gasteiger partial charge in [0.15, 0.2) is 5.65 Å². The molecule has 0 radical (unpaired) electrons. The molecule has 6 heteroatoms. The zero-order valence-electron chi connectivity index (χ0n) is 11.8. The lowest BCUT2D eigenvalue weighted by Gasteiger charge is -2.11. The molecule has 3 aromatic rings. The summed E-state index contributed by atoms with van der Waals surface area (Å²) in [5.74, 6) is -0.955. The Hall–Kier alpha value is -2.21. The Bertz CT molecular complexity index is 793. The smallest absolute Gasteiger partial charge is 0.336 e. The van der Waals surface area contributed by atoms with Gasteiger partial charge in [0.05, 0.1) is 33.8 Å². The predicted octanol–water partition coefficient (Wildman–Crippen LogP) is 3.83. The maximum atomic E-state index is 11.5. The highest BCUT2D eigenvalue weighted by molar-refractivity contribution is 7.13. The van der Waals surface area contributed by atoms with Crippen LogP contribution < -0.4 is 0 Å². The van der Waals surface area contributed by atoms with Gasteiger partial charge in [0.25, 0.3) is 0 Å². The van der Waals surface area contributed by atoms with Gasteiger partial charge in [0, 0.05) is 0 Å². The van der Waals surface area contributed by atoms with Crippen molar-refractivity contribution in [1.29, 1.82) is 0 Å². The minimum Gasteiger partial charge on any atom is -0.478 e. The predicted molar refractivity (Wildman–Crippen MR) is 82.8 cm³/mol. The SMILES string of the molecule is CCC(C)n1ncc2c(C(=O)O)cc(-c3cccs3)nc21. The fraction of sp³-hybridized carbons (Fsp3) is 0.267. The molecule has 0 amide bonds. The summed E-state index contributed by atoms with van der Waals surface area (Å²) >= 11 is 1.54. The number of carboxylic acids is 1. The quantitative estimate of drug-likeness (QED) is 0.795. The van der Waals surface area contributed by atoms with Crippen molar-refractivity contribution in [3.8, 4) is 10.6 Å². The van der Waals surface area contributed by atoms with E-state index in [-0.39, 0.29) is 11.6 Å².